The van der Waals surface area contributed by atoms with Crippen LogP contribution in [0.1, 0.15) is 18.4 Å². The molecule has 2 N–H and O–H groups in total. The third-order valence-electron chi connectivity index (χ3n) is 6.00. The summed E-state index contributed by atoms with van der Waals surface area (Å²) < 4.78 is 16.1. The largest absolute Gasteiger partial charge is 0.326 e. The molecule has 5 rings (SSSR count). The summed E-state index contributed by atoms with van der Waals surface area (Å²) in [7, 11) is 0. The fraction of sp³-hybridized carbons (Fsp3) is 0.240. The van der Waals surface area contributed by atoms with E-state index in [0.29, 0.717) is 29.5 Å². The average Bonchev–Trinajstić information content (AvgIpc) is 3.24. The highest BCUT2D eigenvalue weighted by Gasteiger charge is 2.21. The molecule has 1 fully saturated rings. The Morgan fingerprint density at radius 1 is 1.21 bits per heavy atom. The molecule has 2 aromatic carbocycles. The average molecular weight is 464 g/mol. The van der Waals surface area contributed by atoms with Crippen molar-refractivity contribution in [2.75, 3.05) is 18.4 Å². The van der Waals surface area contributed by atoms with E-state index >= 15 is 0 Å². The van der Waals surface area contributed by atoms with E-state index in [9.17, 15) is 9.18 Å². The van der Waals surface area contributed by atoms with Gasteiger partial charge in [0, 0.05) is 23.9 Å². The van der Waals surface area contributed by atoms with Crippen LogP contribution < -0.4 is 10.6 Å². The minimum absolute atomic E-state index is 0.0404. The molecule has 1 amide bonds. The Bertz CT molecular complexity index is 1320. The van der Waals surface area contributed by atoms with Gasteiger partial charge in [0.1, 0.15) is 11.6 Å². The number of amides is 1. The van der Waals surface area contributed by atoms with E-state index in [1.165, 1.54) is 6.07 Å². The molecule has 2 aromatic heterocycles. The van der Waals surface area contributed by atoms with Gasteiger partial charge in [-0.2, -0.15) is 0 Å². The van der Waals surface area contributed by atoms with Crippen LogP contribution in [0.2, 0.25) is 5.02 Å². The second-order valence-corrected chi connectivity index (χ2v) is 8.66. The lowest BCUT2D eigenvalue weighted by Gasteiger charge is -2.21. The summed E-state index contributed by atoms with van der Waals surface area (Å²) in [6.45, 7) is 1.99. The number of halogens is 2. The number of hydrogen-bond donors (Lipinski definition) is 2. The first kappa shape index (κ1) is 21.6. The number of rotatable bonds is 5. The van der Waals surface area contributed by atoms with Crippen molar-refractivity contribution in [1.82, 2.24) is 19.9 Å². The van der Waals surface area contributed by atoms with Crippen molar-refractivity contribution in [2.24, 2.45) is 5.92 Å². The highest BCUT2D eigenvalue weighted by atomic mass is 35.5. The number of imidazole rings is 1. The molecule has 0 unspecified atom stereocenters. The fourth-order valence-corrected chi connectivity index (χ4v) is 4.41. The molecule has 1 saturated heterocycles. The Hall–Kier alpha value is -3.29. The number of nitrogens with one attached hydrogen (secondary N) is 2. The molecule has 8 heteroatoms. The van der Waals surface area contributed by atoms with Gasteiger partial charge >= 0.3 is 0 Å². The van der Waals surface area contributed by atoms with Crippen molar-refractivity contribution in [3.63, 3.8) is 0 Å². The molecule has 1 aliphatic rings. The van der Waals surface area contributed by atoms with Crippen LogP contribution >= 0.6 is 11.6 Å². The van der Waals surface area contributed by atoms with Crippen LogP contribution in [0.25, 0.3) is 22.2 Å². The maximum atomic E-state index is 14.2. The number of benzene rings is 2. The van der Waals surface area contributed by atoms with Crippen LogP contribution in [0.3, 0.4) is 0 Å². The van der Waals surface area contributed by atoms with Gasteiger partial charge in [0.15, 0.2) is 0 Å². The maximum absolute atomic E-state index is 14.2. The van der Waals surface area contributed by atoms with Gasteiger partial charge < -0.3 is 15.2 Å². The van der Waals surface area contributed by atoms with Gasteiger partial charge in [0.25, 0.3) is 0 Å². The second-order valence-electron chi connectivity index (χ2n) is 8.25. The topological polar surface area (TPSA) is 71.8 Å². The standard InChI is InChI=1S/C25H23ClFN5O/c26-20-13-29-24(31-25(33)17-5-3-9-28-12-17)11-19(20)16-7-8-22-23(10-16)32(15-30-22)14-18-4-1-2-6-21(18)27/h1-2,4,6-8,10-11,13,15,17,28H,3,5,9,12,14H2,(H,29,31,33)/t17-/m1/s1. The van der Waals surface area contributed by atoms with Crippen LogP contribution in [0.5, 0.6) is 0 Å². The van der Waals surface area contributed by atoms with Gasteiger partial charge in [-0.15, -0.1) is 0 Å². The Kier molecular flexibility index (Phi) is 6.07. The summed E-state index contributed by atoms with van der Waals surface area (Å²) in [5.41, 5.74) is 3.87. The number of hydrogen-bond acceptors (Lipinski definition) is 4. The number of carbonyl (C=O) groups excluding carboxylic acids is 1. The van der Waals surface area contributed by atoms with Crippen molar-refractivity contribution in [1.29, 1.82) is 0 Å². The molecular formula is C25H23ClFN5O. The molecular weight excluding hydrogens is 441 g/mol. The second kappa shape index (κ2) is 9.29. The molecule has 1 aliphatic heterocycles. The smallest absolute Gasteiger partial charge is 0.229 e. The third-order valence-corrected chi connectivity index (χ3v) is 6.31. The first-order valence-electron chi connectivity index (χ1n) is 10.9. The quantitative estimate of drug-likeness (QED) is 0.442. The highest BCUT2D eigenvalue weighted by molar-refractivity contribution is 6.33. The Morgan fingerprint density at radius 2 is 2.09 bits per heavy atom. The Balaban J connectivity index is 1.44. The van der Waals surface area contributed by atoms with Crippen LogP contribution in [0, 0.1) is 11.7 Å². The number of anilines is 1. The van der Waals surface area contributed by atoms with Crippen LogP contribution in [0.4, 0.5) is 10.2 Å². The maximum Gasteiger partial charge on any atom is 0.229 e. The molecule has 33 heavy (non-hydrogen) atoms. The molecule has 0 spiro atoms. The predicted octanol–water partition coefficient (Wildman–Crippen LogP) is 4.88. The summed E-state index contributed by atoms with van der Waals surface area (Å²) in [5.74, 6) is 0.108. The van der Waals surface area contributed by atoms with E-state index in [-0.39, 0.29) is 17.6 Å². The van der Waals surface area contributed by atoms with E-state index < -0.39 is 0 Å². The van der Waals surface area contributed by atoms with Gasteiger partial charge in [-0.3, -0.25) is 4.79 Å². The third kappa shape index (κ3) is 4.60. The molecule has 3 heterocycles. The minimum Gasteiger partial charge on any atom is -0.326 e. The van der Waals surface area contributed by atoms with E-state index in [4.69, 9.17) is 11.6 Å². The predicted molar refractivity (Wildman–Crippen MR) is 128 cm³/mol. The lowest BCUT2D eigenvalue weighted by atomic mass is 9.99. The SMILES string of the molecule is O=C(Nc1cc(-c2ccc3ncn(Cc4ccccc4F)c3c2)c(Cl)cn1)[C@@H]1CCCNC1. The summed E-state index contributed by atoms with van der Waals surface area (Å²) in [6.07, 6.45) is 5.10. The Morgan fingerprint density at radius 3 is 2.91 bits per heavy atom. The lowest BCUT2D eigenvalue weighted by molar-refractivity contribution is -0.120. The van der Waals surface area contributed by atoms with E-state index in [0.717, 1.165) is 41.5 Å². The molecule has 0 bridgehead atoms. The molecule has 4 aromatic rings. The normalized spacial score (nSPS) is 16.1. The molecule has 6 nitrogen and oxygen atoms in total. The number of pyridine rings is 1. The van der Waals surface area contributed by atoms with E-state index in [1.807, 2.05) is 28.8 Å². The zero-order valence-electron chi connectivity index (χ0n) is 17.9. The number of piperidine rings is 1. The first-order valence-corrected chi connectivity index (χ1v) is 11.3. The minimum atomic E-state index is -0.249. The van der Waals surface area contributed by atoms with Crippen LogP contribution in [-0.4, -0.2) is 33.5 Å². The van der Waals surface area contributed by atoms with Crippen LogP contribution in [0.15, 0.2) is 61.1 Å². The highest BCUT2D eigenvalue weighted by Crippen LogP contribution is 2.32. The van der Waals surface area contributed by atoms with E-state index in [1.54, 1.807) is 30.7 Å². The summed E-state index contributed by atoms with van der Waals surface area (Å²) >= 11 is 6.47. The fourth-order valence-electron chi connectivity index (χ4n) is 4.19. The molecule has 168 valence electrons. The number of nitrogens with zero attached hydrogens (tertiary/aromatic N) is 3. The van der Waals surface area contributed by atoms with Crippen molar-refractivity contribution in [2.45, 2.75) is 19.4 Å². The molecule has 0 saturated carbocycles. The van der Waals surface area contributed by atoms with Gasteiger partial charge in [-0.1, -0.05) is 35.9 Å². The van der Waals surface area contributed by atoms with Gasteiger partial charge in [0.05, 0.1) is 34.8 Å². The summed E-state index contributed by atoms with van der Waals surface area (Å²) in [4.78, 5) is 21.4. The lowest BCUT2D eigenvalue weighted by Crippen LogP contribution is -2.37. The summed E-state index contributed by atoms with van der Waals surface area (Å²) in [5, 5.41) is 6.66. The zero-order valence-corrected chi connectivity index (χ0v) is 18.6. The van der Waals surface area contributed by atoms with Crippen molar-refractivity contribution < 1.29 is 9.18 Å². The molecule has 0 radical (unpaired) electrons. The van der Waals surface area contributed by atoms with Gasteiger partial charge in [-0.05, 0) is 49.2 Å². The monoisotopic (exact) mass is 463 g/mol. The molecule has 0 aliphatic carbocycles. The van der Waals surface area contributed by atoms with Gasteiger partial charge in [0.2, 0.25) is 5.91 Å². The summed E-state index contributed by atoms with van der Waals surface area (Å²) in [6, 6.07) is 14.3. The first-order chi connectivity index (χ1) is 16.1. The number of carbonyl (C=O) groups is 1. The van der Waals surface area contributed by atoms with Crippen molar-refractivity contribution in [3.8, 4) is 11.1 Å². The van der Waals surface area contributed by atoms with Gasteiger partial charge in [-0.25, -0.2) is 14.4 Å². The zero-order chi connectivity index (χ0) is 22.8. The number of fused-ring (bicyclic) bond motifs is 1. The Labute approximate surface area is 195 Å². The molecule has 1 atom stereocenters. The van der Waals surface area contributed by atoms with Crippen LogP contribution in [-0.2, 0) is 11.3 Å². The van der Waals surface area contributed by atoms with E-state index in [2.05, 4.69) is 20.6 Å². The van der Waals surface area contributed by atoms with Crippen molar-refractivity contribution in [3.05, 3.63) is 77.5 Å². The number of aromatic nitrogens is 3. The van der Waals surface area contributed by atoms with Crippen molar-refractivity contribution >= 4 is 34.4 Å².